The summed E-state index contributed by atoms with van der Waals surface area (Å²) in [5.41, 5.74) is 3.49. The fourth-order valence-corrected chi connectivity index (χ4v) is 2.06. The second-order valence-electron chi connectivity index (χ2n) is 4.39. The van der Waals surface area contributed by atoms with Gasteiger partial charge in [-0.2, -0.15) is 10.4 Å². The second kappa shape index (κ2) is 6.02. The predicted molar refractivity (Wildman–Crippen MR) is 73.3 cm³/mol. The molecular formula is C15H15N3O2. The van der Waals surface area contributed by atoms with E-state index < -0.39 is 5.97 Å². The van der Waals surface area contributed by atoms with Gasteiger partial charge in [0, 0.05) is 11.3 Å². The maximum Gasteiger partial charge on any atom is 0.311 e. The molecule has 1 aromatic heterocycles. The van der Waals surface area contributed by atoms with E-state index in [1.807, 2.05) is 48.9 Å². The predicted octanol–water partition coefficient (Wildman–Crippen LogP) is 2.10. The molecule has 0 aliphatic carbocycles. The first kappa shape index (κ1) is 13.8. The Morgan fingerprint density at radius 2 is 2.05 bits per heavy atom. The lowest BCUT2D eigenvalue weighted by atomic mass is 10.1. The van der Waals surface area contributed by atoms with Crippen molar-refractivity contribution in [1.29, 1.82) is 5.26 Å². The number of rotatable bonds is 4. The summed E-state index contributed by atoms with van der Waals surface area (Å²) in [5, 5.41) is 12.9. The van der Waals surface area contributed by atoms with Gasteiger partial charge in [-0.05, 0) is 26.0 Å². The standard InChI is InChI=1S/C15H15N3O2/c1-11-14(10-15(19)20-9-8-16)12(2)18(17-11)13-6-4-3-5-7-13/h3-7H,9-10H2,1-2H3. The van der Waals surface area contributed by atoms with E-state index in [1.54, 1.807) is 6.07 Å². The van der Waals surface area contributed by atoms with Crippen LogP contribution in [0.1, 0.15) is 17.0 Å². The molecule has 0 aliphatic rings. The van der Waals surface area contributed by atoms with Crippen LogP contribution in [0.5, 0.6) is 0 Å². The second-order valence-corrected chi connectivity index (χ2v) is 4.39. The third-order valence-corrected chi connectivity index (χ3v) is 3.06. The Bertz CT molecular complexity index is 654. The van der Waals surface area contributed by atoms with Gasteiger partial charge in [-0.25, -0.2) is 4.68 Å². The van der Waals surface area contributed by atoms with Crippen LogP contribution in [0.2, 0.25) is 0 Å². The fourth-order valence-electron chi connectivity index (χ4n) is 2.06. The van der Waals surface area contributed by atoms with Crippen LogP contribution in [-0.4, -0.2) is 22.4 Å². The largest absolute Gasteiger partial charge is 0.450 e. The molecule has 0 fully saturated rings. The van der Waals surface area contributed by atoms with Crippen LogP contribution in [0, 0.1) is 25.2 Å². The summed E-state index contributed by atoms with van der Waals surface area (Å²) in [6.07, 6.45) is 0.131. The van der Waals surface area contributed by atoms with Crippen LogP contribution in [0.4, 0.5) is 0 Å². The molecule has 1 aromatic carbocycles. The minimum atomic E-state index is -0.412. The smallest absolute Gasteiger partial charge is 0.311 e. The van der Waals surface area contributed by atoms with Crippen LogP contribution in [0.15, 0.2) is 30.3 Å². The molecular weight excluding hydrogens is 254 g/mol. The van der Waals surface area contributed by atoms with Gasteiger partial charge in [-0.15, -0.1) is 0 Å². The fraction of sp³-hybridized carbons (Fsp3) is 0.267. The van der Waals surface area contributed by atoms with Gasteiger partial charge in [0.15, 0.2) is 6.61 Å². The van der Waals surface area contributed by atoms with E-state index in [-0.39, 0.29) is 13.0 Å². The highest BCUT2D eigenvalue weighted by atomic mass is 16.5. The van der Waals surface area contributed by atoms with Gasteiger partial charge in [0.05, 0.1) is 17.8 Å². The number of esters is 1. The Labute approximate surface area is 117 Å². The van der Waals surface area contributed by atoms with Gasteiger partial charge in [0.1, 0.15) is 6.07 Å². The third-order valence-electron chi connectivity index (χ3n) is 3.06. The molecule has 2 rings (SSSR count). The number of nitriles is 1. The molecule has 1 heterocycles. The number of carbonyl (C=O) groups is 1. The molecule has 20 heavy (non-hydrogen) atoms. The van der Waals surface area contributed by atoms with Crippen LogP contribution in [0.3, 0.4) is 0 Å². The molecule has 0 saturated heterocycles. The Kier molecular flexibility index (Phi) is 4.16. The quantitative estimate of drug-likeness (QED) is 0.797. The average molecular weight is 269 g/mol. The molecule has 2 aromatic rings. The van der Waals surface area contributed by atoms with Crippen molar-refractivity contribution in [2.24, 2.45) is 0 Å². The Morgan fingerprint density at radius 1 is 1.35 bits per heavy atom. The Morgan fingerprint density at radius 3 is 2.70 bits per heavy atom. The summed E-state index contributed by atoms with van der Waals surface area (Å²) < 4.78 is 6.59. The Balaban J connectivity index is 2.26. The van der Waals surface area contributed by atoms with E-state index in [0.717, 1.165) is 22.6 Å². The zero-order valence-electron chi connectivity index (χ0n) is 11.5. The van der Waals surface area contributed by atoms with Gasteiger partial charge < -0.3 is 4.74 Å². The molecule has 0 amide bonds. The number of benzene rings is 1. The molecule has 0 bridgehead atoms. The maximum atomic E-state index is 11.6. The van der Waals surface area contributed by atoms with Crippen LogP contribution in [0.25, 0.3) is 5.69 Å². The summed E-state index contributed by atoms with van der Waals surface area (Å²) >= 11 is 0. The molecule has 0 atom stereocenters. The third kappa shape index (κ3) is 2.86. The van der Waals surface area contributed by atoms with Crippen molar-refractivity contribution in [3.05, 3.63) is 47.3 Å². The van der Waals surface area contributed by atoms with Crippen molar-refractivity contribution < 1.29 is 9.53 Å². The van der Waals surface area contributed by atoms with Crippen molar-refractivity contribution in [2.45, 2.75) is 20.3 Å². The maximum absolute atomic E-state index is 11.6. The van der Waals surface area contributed by atoms with Crippen LogP contribution < -0.4 is 0 Å². The van der Waals surface area contributed by atoms with Crippen molar-refractivity contribution in [3.63, 3.8) is 0 Å². The van der Waals surface area contributed by atoms with E-state index in [2.05, 4.69) is 5.10 Å². The van der Waals surface area contributed by atoms with Crippen molar-refractivity contribution in [1.82, 2.24) is 9.78 Å². The normalized spacial score (nSPS) is 10.1. The van der Waals surface area contributed by atoms with E-state index in [4.69, 9.17) is 10.00 Å². The first-order chi connectivity index (χ1) is 9.63. The number of para-hydroxylation sites is 1. The monoisotopic (exact) mass is 269 g/mol. The molecule has 0 aliphatic heterocycles. The molecule has 0 saturated carbocycles. The van der Waals surface area contributed by atoms with Crippen molar-refractivity contribution >= 4 is 5.97 Å². The number of aryl methyl sites for hydroxylation is 1. The molecule has 5 nitrogen and oxygen atoms in total. The summed E-state index contributed by atoms with van der Waals surface area (Å²) in [4.78, 5) is 11.6. The number of aromatic nitrogens is 2. The number of carbonyl (C=O) groups excluding carboxylic acids is 1. The average Bonchev–Trinajstić information content (AvgIpc) is 2.74. The summed E-state index contributed by atoms with van der Waals surface area (Å²) in [6, 6.07) is 11.5. The zero-order valence-corrected chi connectivity index (χ0v) is 11.5. The lowest BCUT2D eigenvalue weighted by Crippen LogP contribution is -2.09. The van der Waals surface area contributed by atoms with E-state index in [0.29, 0.717) is 0 Å². The summed E-state index contributed by atoms with van der Waals surface area (Å²) in [7, 11) is 0. The van der Waals surface area contributed by atoms with Crippen molar-refractivity contribution in [2.75, 3.05) is 6.61 Å². The lowest BCUT2D eigenvalue weighted by molar-refractivity contribution is -0.141. The van der Waals surface area contributed by atoms with Gasteiger partial charge in [-0.3, -0.25) is 4.79 Å². The van der Waals surface area contributed by atoms with E-state index >= 15 is 0 Å². The molecule has 0 spiro atoms. The first-order valence-electron chi connectivity index (χ1n) is 6.26. The molecule has 102 valence electrons. The summed E-state index contributed by atoms with van der Waals surface area (Å²) in [6.45, 7) is 3.56. The minimum absolute atomic E-state index is 0.131. The SMILES string of the molecule is Cc1nn(-c2ccccc2)c(C)c1CC(=O)OCC#N. The highest BCUT2D eigenvalue weighted by Gasteiger charge is 2.16. The lowest BCUT2D eigenvalue weighted by Gasteiger charge is -2.05. The zero-order chi connectivity index (χ0) is 14.5. The number of hydrogen-bond donors (Lipinski definition) is 0. The van der Waals surface area contributed by atoms with Crippen LogP contribution in [-0.2, 0) is 16.0 Å². The van der Waals surface area contributed by atoms with E-state index in [1.165, 1.54) is 0 Å². The summed E-state index contributed by atoms with van der Waals surface area (Å²) in [5.74, 6) is -0.412. The van der Waals surface area contributed by atoms with E-state index in [9.17, 15) is 4.79 Å². The molecule has 0 radical (unpaired) electrons. The van der Waals surface area contributed by atoms with Crippen molar-refractivity contribution in [3.8, 4) is 11.8 Å². The highest BCUT2D eigenvalue weighted by Crippen LogP contribution is 2.18. The Hall–Kier alpha value is -2.61. The first-order valence-corrected chi connectivity index (χ1v) is 6.26. The van der Waals surface area contributed by atoms with Crippen LogP contribution >= 0.6 is 0 Å². The highest BCUT2D eigenvalue weighted by molar-refractivity contribution is 5.73. The van der Waals surface area contributed by atoms with Gasteiger partial charge in [0.25, 0.3) is 0 Å². The van der Waals surface area contributed by atoms with Gasteiger partial charge in [-0.1, -0.05) is 18.2 Å². The molecule has 0 N–H and O–H groups in total. The molecule has 0 unspecified atom stereocenters. The number of nitrogens with zero attached hydrogens (tertiary/aromatic N) is 3. The minimum Gasteiger partial charge on any atom is -0.450 e. The van der Waals surface area contributed by atoms with Gasteiger partial charge in [0.2, 0.25) is 0 Å². The molecule has 5 heteroatoms. The number of ether oxygens (including phenoxy) is 1. The topological polar surface area (TPSA) is 67.9 Å². The van der Waals surface area contributed by atoms with Gasteiger partial charge >= 0.3 is 5.97 Å². The number of hydrogen-bond acceptors (Lipinski definition) is 4.